The molecule has 4 rings (SSSR count). The van der Waals surface area contributed by atoms with Crippen LogP contribution in [0.3, 0.4) is 0 Å². The number of rotatable bonds is 1. The van der Waals surface area contributed by atoms with E-state index >= 15 is 0 Å². The van der Waals surface area contributed by atoms with Crippen molar-refractivity contribution in [2.24, 2.45) is 40.4 Å². The van der Waals surface area contributed by atoms with Gasteiger partial charge < -0.3 is 19.7 Å². The average Bonchev–Trinajstić information content (AvgIpc) is 2.61. The van der Waals surface area contributed by atoms with Crippen LogP contribution in [0.2, 0.25) is 0 Å². The Kier molecular flexibility index (Phi) is 4.16. The SMILES string of the molecule is COC1=C[C@@H](C)[C@@H]2C[C@H]3OC(O)C[C@H]4[C@@H](C)C(=O)C(O)[C@H]([C@@]2(C)C1=O)[C@@]34C. The maximum absolute atomic E-state index is 13.5. The lowest BCUT2D eigenvalue weighted by Gasteiger charge is -2.67. The summed E-state index contributed by atoms with van der Waals surface area (Å²) in [5, 5.41) is 21.4. The lowest BCUT2D eigenvalue weighted by Crippen LogP contribution is -2.73. The lowest BCUT2D eigenvalue weighted by molar-refractivity contribution is -0.302. The van der Waals surface area contributed by atoms with Gasteiger partial charge in [-0.1, -0.05) is 27.7 Å². The fraction of sp³-hybridized carbons (Fsp3) is 0.810. The van der Waals surface area contributed by atoms with Crippen LogP contribution in [0.25, 0.3) is 0 Å². The Labute approximate surface area is 159 Å². The molecule has 10 atom stereocenters. The van der Waals surface area contributed by atoms with Crippen LogP contribution in [-0.4, -0.2) is 47.4 Å². The summed E-state index contributed by atoms with van der Waals surface area (Å²) in [5.41, 5.74) is -1.48. The van der Waals surface area contributed by atoms with Crippen molar-refractivity contribution in [3.63, 3.8) is 0 Å². The van der Waals surface area contributed by atoms with Gasteiger partial charge in [0.15, 0.2) is 17.8 Å². The Morgan fingerprint density at radius 3 is 2.44 bits per heavy atom. The number of allylic oxidation sites excluding steroid dienone is 2. The number of Topliss-reactive ketones (excluding diaryl/α,β-unsaturated/α-hetero) is 2. The van der Waals surface area contributed by atoms with Crippen molar-refractivity contribution in [1.82, 2.24) is 0 Å². The van der Waals surface area contributed by atoms with E-state index in [1.54, 1.807) is 0 Å². The summed E-state index contributed by atoms with van der Waals surface area (Å²) in [6.45, 7) is 7.79. The number of hydrogen-bond donors (Lipinski definition) is 2. The van der Waals surface area contributed by atoms with Gasteiger partial charge in [-0.25, -0.2) is 0 Å². The highest BCUT2D eigenvalue weighted by molar-refractivity contribution is 6.00. The van der Waals surface area contributed by atoms with Crippen molar-refractivity contribution in [2.45, 2.75) is 59.0 Å². The summed E-state index contributed by atoms with van der Waals surface area (Å²) in [5.74, 6) is -1.18. The fourth-order valence-corrected chi connectivity index (χ4v) is 7.16. The predicted molar refractivity (Wildman–Crippen MR) is 96.2 cm³/mol. The Morgan fingerprint density at radius 1 is 1.15 bits per heavy atom. The van der Waals surface area contributed by atoms with Gasteiger partial charge in [-0.15, -0.1) is 0 Å². The zero-order chi connectivity index (χ0) is 19.9. The van der Waals surface area contributed by atoms with Crippen LogP contribution >= 0.6 is 0 Å². The molecule has 3 fully saturated rings. The maximum atomic E-state index is 13.5. The van der Waals surface area contributed by atoms with Gasteiger partial charge >= 0.3 is 0 Å². The smallest absolute Gasteiger partial charge is 0.203 e. The predicted octanol–water partition coefficient (Wildman–Crippen LogP) is 1.69. The highest BCUT2D eigenvalue weighted by Gasteiger charge is 2.72. The molecule has 0 bridgehead atoms. The fourth-order valence-electron chi connectivity index (χ4n) is 7.16. The van der Waals surface area contributed by atoms with Crippen LogP contribution in [0.1, 0.15) is 40.5 Å². The van der Waals surface area contributed by atoms with E-state index in [0.29, 0.717) is 18.6 Å². The molecule has 1 saturated heterocycles. The quantitative estimate of drug-likeness (QED) is 0.721. The Bertz CT molecular complexity index is 715. The first-order valence-electron chi connectivity index (χ1n) is 9.94. The van der Waals surface area contributed by atoms with Gasteiger partial charge in [-0.05, 0) is 30.3 Å². The first kappa shape index (κ1) is 19.1. The van der Waals surface area contributed by atoms with Gasteiger partial charge in [0.25, 0.3) is 0 Å². The number of aliphatic hydroxyl groups is 2. The van der Waals surface area contributed by atoms with Gasteiger partial charge in [-0.3, -0.25) is 9.59 Å². The van der Waals surface area contributed by atoms with E-state index < -0.39 is 29.1 Å². The van der Waals surface area contributed by atoms with E-state index in [-0.39, 0.29) is 41.3 Å². The average molecular weight is 378 g/mol. The monoisotopic (exact) mass is 378 g/mol. The minimum Gasteiger partial charge on any atom is -0.493 e. The van der Waals surface area contributed by atoms with E-state index in [1.807, 2.05) is 33.8 Å². The summed E-state index contributed by atoms with van der Waals surface area (Å²) in [4.78, 5) is 26.4. The number of fused-ring (bicyclic) bond motifs is 2. The summed E-state index contributed by atoms with van der Waals surface area (Å²) >= 11 is 0. The van der Waals surface area contributed by atoms with Crippen molar-refractivity contribution < 1.29 is 29.3 Å². The highest BCUT2D eigenvalue weighted by atomic mass is 16.6. The summed E-state index contributed by atoms with van der Waals surface area (Å²) in [6, 6.07) is 0. The molecule has 0 spiro atoms. The molecule has 6 nitrogen and oxygen atoms in total. The molecule has 0 radical (unpaired) electrons. The molecule has 1 heterocycles. The summed E-state index contributed by atoms with van der Waals surface area (Å²) in [6.07, 6.45) is 0.373. The number of carbonyl (C=O) groups is 2. The third-order valence-corrected chi connectivity index (χ3v) is 8.47. The molecule has 2 N–H and O–H groups in total. The zero-order valence-electron chi connectivity index (χ0n) is 16.6. The number of aliphatic hydroxyl groups excluding tert-OH is 2. The summed E-state index contributed by atoms with van der Waals surface area (Å²) < 4.78 is 11.3. The van der Waals surface area contributed by atoms with Crippen LogP contribution in [0, 0.1) is 40.4 Å². The normalized spacial score (nSPS) is 54.7. The van der Waals surface area contributed by atoms with Crippen molar-refractivity contribution >= 4 is 11.6 Å². The number of ketones is 2. The molecular formula is C21H30O6. The van der Waals surface area contributed by atoms with Gasteiger partial charge in [0.1, 0.15) is 6.10 Å². The standard InChI is InChI=1S/C21H30O6/c1-9-6-13(26-5)19(25)21(4)11(9)7-14-20(3)12(8-15(22)27-14)10(2)16(23)17(24)18(20)21/h6,9-12,14-15,17-18,22,24H,7-8H2,1-5H3/t9-,10-,11+,12+,14-,15?,17?,18+,20-,21+/m1/s1. The number of carbonyl (C=O) groups excluding carboxylic acids is 2. The molecule has 0 aromatic rings. The van der Waals surface area contributed by atoms with E-state index in [2.05, 4.69) is 0 Å². The first-order chi connectivity index (χ1) is 12.6. The molecular weight excluding hydrogens is 348 g/mol. The van der Waals surface area contributed by atoms with Crippen molar-refractivity contribution in [2.75, 3.05) is 7.11 Å². The Balaban J connectivity index is 1.93. The number of methoxy groups -OCH3 is 1. The largest absolute Gasteiger partial charge is 0.493 e. The molecule has 0 aromatic carbocycles. The molecule has 0 amide bonds. The van der Waals surface area contributed by atoms with Crippen LogP contribution in [0.4, 0.5) is 0 Å². The molecule has 2 unspecified atom stereocenters. The van der Waals surface area contributed by atoms with Gasteiger partial charge in [0.05, 0.1) is 13.2 Å². The van der Waals surface area contributed by atoms with Crippen molar-refractivity contribution in [1.29, 1.82) is 0 Å². The minimum atomic E-state index is -1.22. The molecule has 3 aliphatic carbocycles. The second-order valence-electron chi connectivity index (χ2n) is 9.45. The third-order valence-electron chi connectivity index (χ3n) is 8.47. The van der Waals surface area contributed by atoms with Crippen LogP contribution in [-0.2, 0) is 19.1 Å². The maximum Gasteiger partial charge on any atom is 0.203 e. The lowest BCUT2D eigenvalue weighted by atomic mass is 9.38. The Morgan fingerprint density at radius 2 is 1.81 bits per heavy atom. The van der Waals surface area contributed by atoms with E-state index in [9.17, 15) is 19.8 Å². The molecule has 1 aliphatic heterocycles. The number of ether oxygens (including phenoxy) is 2. The second kappa shape index (κ2) is 5.88. The van der Waals surface area contributed by atoms with Crippen LogP contribution < -0.4 is 0 Å². The van der Waals surface area contributed by atoms with E-state index in [1.165, 1.54) is 7.11 Å². The van der Waals surface area contributed by atoms with Gasteiger partial charge in [-0.2, -0.15) is 0 Å². The minimum absolute atomic E-state index is 0.0370. The van der Waals surface area contributed by atoms with Crippen LogP contribution in [0.5, 0.6) is 0 Å². The van der Waals surface area contributed by atoms with E-state index in [0.717, 1.165) is 0 Å². The molecule has 0 aromatic heterocycles. The molecule has 2 saturated carbocycles. The van der Waals surface area contributed by atoms with Crippen molar-refractivity contribution in [3.8, 4) is 0 Å². The molecule has 27 heavy (non-hydrogen) atoms. The third kappa shape index (κ3) is 2.18. The number of hydrogen-bond acceptors (Lipinski definition) is 6. The van der Waals surface area contributed by atoms with Crippen LogP contribution in [0.15, 0.2) is 11.8 Å². The molecule has 150 valence electrons. The zero-order valence-corrected chi connectivity index (χ0v) is 16.6. The molecule has 6 heteroatoms. The second-order valence-corrected chi connectivity index (χ2v) is 9.45. The van der Waals surface area contributed by atoms with Crippen molar-refractivity contribution in [3.05, 3.63) is 11.8 Å². The molecule has 4 aliphatic rings. The summed E-state index contributed by atoms with van der Waals surface area (Å²) in [7, 11) is 1.49. The first-order valence-corrected chi connectivity index (χ1v) is 9.94. The highest BCUT2D eigenvalue weighted by Crippen LogP contribution is 2.67. The van der Waals surface area contributed by atoms with E-state index in [4.69, 9.17) is 9.47 Å². The van der Waals surface area contributed by atoms with Gasteiger partial charge in [0, 0.05) is 29.1 Å². The van der Waals surface area contributed by atoms with Gasteiger partial charge in [0.2, 0.25) is 5.78 Å². The Hall–Kier alpha value is -1.24. The topological polar surface area (TPSA) is 93.1 Å².